The summed E-state index contributed by atoms with van der Waals surface area (Å²) in [5.41, 5.74) is 5.47. The van der Waals surface area contributed by atoms with E-state index < -0.39 is 17.8 Å². The molecule has 1 aromatic carbocycles. The Bertz CT molecular complexity index is 411. The Labute approximate surface area is 96.8 Å². The van der Waals surface area contributed by atoms with Crippen molar-refractivity contribution in [1.29, 1.82) is 0 Å². The van der Waals surface area contributed by atoms with E-state index in [-0.39, 0.29) is 22.8 Å². The molecule has 6 heteroatoms. The van der Waals surface area contributed by atoms with Crippen molar-refractivity contribution >= 4 is 17.6 Å². The molecule has 1 atom stereocenters. The zero-order chi connectivity index (χ0) is 12.3. The van der Waals surface area contributed by atoms with Crippen molar-refractivity contribution in [3.63, 3.8) is 0 Å². The van der Waals surface area contributed by atoms with Crippen LogP contribution in [0.15, 0.2) is 12.1 Å². The molecule has 0 aliphatic rings. The van der Waals surface area contributed by atoms with Crippen molar-refractivity contribution < 1.29 is 19.0 Å². The molecule has 0 spiro atoms. The first-order chi connectivity index (χ1) is 7.47. The van der Waals surface area contributed by atoms with Crippen LogP contribution in [0.5, 0.6) is 5.75 Å². The number of carboxylic acids is 1. The van der Waals surface area contributed by atoms with Gasteiger partial charge in [0.1, 0.15) is 6.04 Å². The van der Waals surface area contributed by atoms with Gasteiger partial charge in [-0.25, -0.2) is 4.39 Å². The first-order valence-corrected chi connectivity index (χ1v) is 4.84. The number of ether oxygens (including phenoxy) is 1. The Hall–Kier alpha value is -1.33. The van der Waals surface area contributed by atoms with Gasteiger partial charge in [0.25, 0.3) is 0 Å². The van der Waals surface area contributed by atoms with Crippen LogP contribution in [0.25, 0.3) is 0 Å². The maximum Gasteiger partial charge on any atom is 0.320 e. The Morgan fingerprint density at radius 1 is 1.69 bits per heavy atom. The maximum atomic E-state index is 13.7. The van der Waals surface area contributed by atoms with Crippen molar-refractivity contribution in [3.8, 4) is 5.75 Å². The van der Waals surface area contributed by atoms with Gasteiger partial charge in [-0.1, -0.05) is 17.7 Å². The summed E-state index contributed by atoms with van der Waals surface area (Å²) in [5, 5.41) is 8.74. The average Bonchev–Trinajstić information content (AvgIpc) is 2.22. The predicted molar refractivity (Wildman–Crippen MR) is 57.3 cm³/mol. The molecule has 16 heavy (non-hydrogen) atoms. The van der Waals surface area contributed by atoms with Crippen LogP contribution in [0.3, 0.4) is 0 Å². The van der Waals surface area contributed by atoms with Gasteiger partial charge in [-0.05, 0) is 11.6 Å². The summed E-state index contributed by atoms with van der Waals surface area (Å²) in [7, 11) is 1.28. The van der Waals surface area contributed by atoms with E-state index in [4.69, 9.17) is 27.2 Å². The van der Waals surface area contributed by atoms with Crippen molar-refractivity contribution in [1.82, 2.24) is 0 Å². The molecule has 0 fully saturated rings. The number of methoxy groups -OCH3 is 1. The van der Waals surface area contributed by atoms with Crippen LogP contribution >= 0.6 is 11.6 Å². The lowest BCUT2D eigenvalue weighted by Gasteiger charge is -2.11. The van der Waals surface area contributed by atoms with Gasteiger partial charge < -0.3 is 15.6 Å². The van der Waals surface area contributed by atoms with E-state index >= 15 is 0 Å². The number of aliphatic carboxylic acids is 1. The second-order valence-electron chi connectivity index (χ2n) is 3.20. The first-order valence-electron chi connectivity index (χ1n) is 4.46. The van der Waals surface area contributed by atoms with Gasteiger partial charge in [0.2, 0.25) is 0 Å². The Balaban J connectivity index is 3.02. The molecule has 0 aliphatic carbocycles. The molecule has 1 rings (SSSR count). The van der Waals surface area contributed by atoms with Crippen LogP contribution in [0.2, 0.25) is 5.02 Å². The van der Waals surface area contributed by atoms with Crippen LogP contribution in [0.1, 0.15) is 5.56 Å². The fourth-order valence-corrected chi connectivity index (χ4v) is 1.47. The predicted octanol–water partition coefficient (Wildman–Crippen LogP) is 1.44. The molecular formula is C10H11ClFNO3. The monoisotopic (exact) mass is 247 g/mol. The van der Waals surface area contributed by atoms with Gasteiger partial charge in [-0.3, -0.25) is 4.79 Å². The van der Waals surface area contributed by atoms with Crippen molar-refractivity contribution in [2.45, 2.75) is 12.5 Å². The molecule has 0 bridgehead atoms. The summed E-state index contributed by atoms with van der Waals surface area (Å²) in [4.78, 5) is 10.5. The Morgan fingerprint density at radius 2 is 2.31 bits per heavy atom. The third-order valence-corrected chi connectivity index (χ3v) is 2.39. The zero-order valence-electron chi connectivity index (χ0n) is 8.54. The highest BCUT2D eigenvalue weighted by Crippen LogP contribution is 2.30. The molecule has 4 nitrogen and oxygen atoms in total. The SMILES string of the molecule is COc1c(Cl)ccc(C[C@@H](N)C(=O)O)c1F. The Morgan fingerprint density at radius 3 is 2.81 bits per heavy atom. The lowest BCUT2D eigenvalue weighted by molar-refractivity contribution is -0.138. The minimum absolute atomic E-state index is 0.100. The van der Waals surface area contributed by atoms with Gasteiger partial charge in [-0.2, -0.15) is 0 Å². The van der Waals surface area contributed by atoms with Crippen molar-refractivity contribution in [2.75, 3.05) is 7.11 Å². The van der Waals surface area contributed by atoms with E-state index in [1.54, 1.807) is 0 Å². The number of hydrogen-bond donors (Lipinski definition) is 2. The van der Waals surface area contributed by atoms with Crippen LogP contribution in [-0.2, 0) is 11.2 Å². The summed E-state index contributed by atoms with van der Waals surface area (Å²) in [5.74, 6) is -1.96. The topological polar surface area (TPSA) is 72.5 Å². The van der Waals surface area contributed by atoms with Crippen LogP contribution in [-0.4, -0.2) is 24.2 Å². The number of halogens is 2. The minimum Gasteiger partial charge on any atom is -0.492 e. The van der Waals surface area contributed by atoms with Crippen LogP contribution in [0, 0.1) is 5.82 Å². The quantitative estimate of drug-likeness (QED) is 0.845. The number of rotatable bonds is 4. The van der Waals surface area contributed by atoms with Gasteiger partial charge in [0, 0.05) is 6.42 Å². The molecule has 0 amide bonds. The fourth-order valence-electron chi connectivity index (χ4n) is 1.24. The van der Waals surface area contributed by atoms with E-state index in [1.807, 2.05) is 0 Å². The molecule has 0 saturated carbocycles. The third-order valence-electron chi connectivity index (χ3n) is 2.09. The summed E-state index contributed by atoms with van der Waals surface area (Å²) in [6.45, 7) is 0. The van der Waals surface area contributed by atoms with Gasteiger partial charge >= 0.3 is 5.97 Å². The Kier molecular flexibility index (Phi) is 4.09. The van der Waals surface area contributed by atoms with E-state index in [0.717, 1.165) is 0 Å². The molecular weight excluding hydrogens is 237 g/mol. The second-order valence-corrected chi connectivity index (χ2v) is 3.61. The molecule has 88 valence electrons. The van der Waals surface area contributed by atoms with Gasteiger partial charge in [0.05, 0.1) is 12.1 Å². The second kappa shape index (κ2) is 5.14. The summed E-state index contributed by atoms with van der Waals surface area (Å²) in [6, 6.07) is 1.68. The van der Waals surface area contributed by atoms with E-state index in [9.17, 15) is 9.18 Å². The van der Waals surface area contributed by atoms with Crippen LogP contribution in [0.4, 0.5) is 4.39 Å². The van der Waals surface area contributed by atoms with E-state index in [1.165, 1.54) is 19.2 Å². The smallest absolute Gasteiger partial charge is 0.320 e. The lowest BCUT2D eigenvalue weighted by Crippen LogP contribution is -2.32. The largest absolute Gasteiger partial charge is 0.492 e. The third kappa shape index (κ3) is 2.62. The van der Waals surface area contributed by atoms with Crippen LogP contribution < -0.4 is 10.5 Å². The average molecular weight is 248 g/mol. The lowest BCUT2D eigenvalue weighted by atomic mass is 10.1. The molecule has 0 aliphatic heterocycles. The fraction of sp³-hybridized carbons (Fsp3) is 0.300. The molecule has 3 N–H and O–H groups in total. The molecule has 0 unspecified atom stereocenters. The number of hydrogen-bond acceptors (Lipinski definition) is 3. The molecule has 0 saturated heterocycles. The highest BCUT2D eigenvalue weighted by Gasteiger charge is 2.18. The molecule has 0 radical (unpaired) electrons. The normalized spacial score (nSPS) is 12.2. The molecule has 0 aromatic heterocycles. The summed E-state index contributed by atoms with van der Waals surface area (Å²) < 4.78 is 18.5. The number of benzene rings is 1. The van der Waals surface area contributed by atoms with Crippen molar-refractivity contribution in [2.24, 2.45) is 5.73 Å². The van der Waals surface area contributed by atoms with Gasteiger partial charge in [-0.15, -0.1) is 0 Å². The summed E-state index contributed by atoms with van der Waals surface area (Å²) >= 11 is 5.69. The number of nitrogens with two attached hydrogens (primary N) is 1. The molecule has 0 heterocycles. The van der Waals surface area contributed by atoms with Gasteiger partial charge in [0.15, 0.2) is 11.6 Å². The van der Waals surface area contributed by atoms with E-state index in [0.29, 0.717) is 0 Å². The first kappa shape index (κ1) is 12.7. The molecule has 1 aromatic rings. The minimum atomic E-state index is -1.19. The van der Waals surface area contributed by atoms with Crippen molar-refractivity contribution in [3.05, 3.63) is 28.5 Å². The maximum absolute atomic E-state index is 13.7. The highest BCUT2D eigenvalue weighted by molar-refractivity contribution is 6.32. The standard InChI is InChI=1S/C10H11ClFNO3/c1-16-9-6(11)3-2-5(8(9)12)4-7(13)10(14)15/h2-3,7H,4,13H2,1H3,(H,14,15)/t7-/m1/s1. The number of carboxylic acid groups (broad SMARTS) is 1. The van der Waals surface area contributed by atoms with E-state index in [2.05, 4.69) is 0 Å². The summed E-state index contributed by atoms with van der Waals surface area (Å²) in [6.07, 6.45) is -0.116. The highest BCUT2D eigenvalue weighted by atomic mass is 35.5. The zero-order valence-corrected chi connectivity index (χ0v) is 9.29. The number of carbonyl (C=O) groups is 1.